The van der Waals surface area contributed by atoms with Crippen LogP contribution in [0, 0.1) is 10.1 Å². The molecule has 1 aliphatic heterocycles. The zero-order valence-electron chi connectivity index (χ0n) is 18.9. The molecule has 1 unspecified atom stereocenters. The van der Waals surface area contributed by atoms with Crippen LogP contribution in [0.5, 0.6) is 0 Å². The van der Waals surface area contributed by atoms with Crippen LogP contribution in [0.2, 0.25) is 0 Å². The molecule has 186 valence electrons. The van der Waals surface area contributed by atoms with Gasteiger partial charge >= 0.3 is 17.9 Å². The summed E-state index contributed by atoms with van der Waals surface area (Å²) < 4.78 is 26.6. The molecule has 1 aliphatic rings. The van der Waals surface area contributed by atoms with E-state index in [1.807, 2.05) is 0 Å². The Kier molecular flexibility index (Phi) is 9.89. The number of nitro groups is 1. The van der Waals surface area contributed by atoms with Crippen molar-refractivity contribution >= 4 is 29.5 Å². The molecule has 1 aromatic carbocycles. The van der Waals surface area contributed by atoms with Crippen molar-refractivity contribution in [1.29, 1.82) is 0 Å². The van der Waals surface area contributed by atoms with Gasteiger partial charge in [-0.2, -0.15) is 0 Å². The van der Waals surface area contributed by atoms with Crippen LogP contribution in [-0.2, 0) is 49.4 Å². The summed E-state index contributed by atoms with van der Waals surface area (Å²) in [6.07, 6.45) is -4.06. The minimum absolute atomic E-state index is 0.0380. The maximum absolute atomic E-state index is 12.2. The third-order valence-corrected chi connectivity index (χ3v) is 4.59. The fourth-order valence-electron chi connectivity index (χ4n) is 3.16. The molecule has 13 heteroatoms. The fourth-order valence-corrected chi connectivity index (χ4v) is 3.16. The van der Waals surface area contributed by atoms with Crippen LogP contribution in [0.3, 0.4) is 0 Å². The highest BCUT2D eigenvalue weighted by Gasteiger charge is 2.44. The molecule has 0 aromatic heterocycles. The predicted octanol–water partition coefficient (Wildman–Crippen LogP) is 0.769. The number of rotatable bonds is 10. The van der Waals surface area contributed by atoms with E-state index in [4.69, 9.17) is 23.7 Å². The molecule has 4 atom stereocenters. The van der Waals surface area contributed by atoms with Gasteiger partial charge in [0.15, 0.2) is 12.4 Å². The van der Waals surface area contributed by atoms with Crippen molar-refractivity contribution in [3.05, 3.63) is 39.9 Å². The average molecular weight is 482 g/mol. The van der Waals surface area contributed by atoms with Gasteiger partial charge in [0, 0.05) is 45.9 Å². The van der Waals surface area contributed by atoms with Gasteiger partial charge in [0.05, 0.1) is 4.92 Å². The van der Waals surface area contributed by atoms with Crippen molar-refractivity contribution in [1.82, 2.24) is 5.32 Å². The third-order valence-electron chi connectivity index (χ3n) is 4.59. The fraction of sp³-hybridized carbons (Fsp3) is 0.524. The second-order valence-corrected chi connectivity index (χ2v) is 7.38. The quantitative estimate of drug-likeness (QED) is 0.216. The van der Waals surface area contributed by atoms with E-state index >= 15 is 0 Å². The lowest BCUT2D eigenvalue weighted by Gasteiger charge is -2.39. The van der Waals surface area contributed by atoms with Crippen LogP contribution in [0.25, 0.3) is 0 Å². The maximum atomic E-state index is 12.2. The Morgan fingerprint density at radius 3 is 2.26 bits per heavy atom. The van der Waals surface area contributed by atoms with E-state index in [2.05, 4.69) is 5.32 Å². The van der Waals surface area contributed by atoms with Gasteiger partial charge < -0.3 is 29.0 Å². The summed E-state index contributed by atoms with van der Waals surface area (Å²) in [5, 5.41) is 13.3. The van der Waals surface area contributed by atoms with E-state index in [0.717, 1.165) is 0 Å². The molecule has 13 nitrogen and oxygen atoms in total. The predicted molar refractivity (Wildman–Crippen MR) is 112 cm³/mol. The van der Waals surface area contributed by atoms with Gasteiger partial charge in [-0.15, -0.1) is 0 Å². The number of esters is 3. The van der Waals surface area contributed by atoms with Crippen molar-refractivity contribution < 1.29 is 47.8 Å². The van der Waals surface area contributed by atoms with E-state index in [0.29, 0.717) is 5.56 Å². The molecule has 2 rings (SSSR count). The summed E-state index contributed by atoms with van der Waals surface area (Å²) in [5.41, 5.74) is 0.582. The number of benzene rings is 1. The SMILES string of the molecule is CC(=O)OC[C@H]1OC(OCC(=O)NCc2ccc([N+](=O)[O-])cc2)C[C@@H](OC(C)=O)[C@@H]1OC(C)=O. The summed E-state index contributed by atoms with van der Waals surface area (Å²) >= 11 is 0. The molecular formula is C21H26N2O11. The van der Waals surface area contributed by atoms with Crippen molar-refractivity contribution in [3.63, 3.8) is 0 Å². The standard InChI is InChI=1S/C21H26N2O11/c1-12(24)30-10-18-21(33-14(3)26)17(32-13(2)25)8-20(34-18)31-11-19(27)22-9-15-4-6-16(7-5-15)23(28)29/h4-7,17-18,20-21H,8-11H2,1-3H3,(H,22,27)/t17-,18-,20?,21+/m1/s1. The second-order valence-electron chi connectivity index (χ2n) is 7.38. The van der Waals surface area contributed by atoms with Crippen molar-refractivity contribution in [2.75, 3.05) is 13.2 Å². The van der Waals surface area contributed by atoms with E-state index in [-0.39, 0.29) is 25.3 Å². The van der Waals surface area contributed by atoms with Crippen LogP contribution in [0.4, 0.5) is 5.69 Å². The summed E-state index contributed by atoms with van der Waals surface area (Å²) in [4.78, 5) is 56.6. The molecule has 1 aromatic rings. The molecule has 0 saturated carbocycles. The Bertz CT molecular complexity index is 902. The lowest BCUT2D eigenvalue weighted by Crippen LogP contribution is -2.54. The van der Waals surface area contributed by atoms with E-state index in [9.17, 15) is 29.3 Å². The molecule has 0 spiro atoms. The maximum Gasteiger partial charge on any atom is 0.303 e. The second kappa shape index (κ2) is 12.6. The molecule has 1 heterocycles. The molecule has 0 bridgehead atoms. The monoisotopic (exact) mass is 482 g/mol. The van der Waals surface area contributed by atoms with Gasteiger partial charge in [-0.25, -0.2) is 0 Å². The highest BCUT2D eigenvalue weighted by Crippen LogP contribution is 2.27. The van der Waals surface area contributed by atoms with Gasteiger partial charge in [-0.3, -0.25) is 29.3 Å². The Morgan fingerprint density at radius 1 is 1.06 bits per heavy atom. The van der Waals surface area contributed by atoms with Crippen LogP contribution in [0.15, 0.2) is 24.3 Å². The normalized spacial score (nSPS) is 21.7. The first kappa shape index (κ1) is 26.7. The number of hydrogen-bond acceptors (Lipinski definition) is 11. The minimum atomic E-state index is -1.04. The van der Waals surface area contributed by atoms with Crippen molar-refractivity contribution in [2.24, 2.45) is 0 Å². The number of nitrogens with one attached hydrogen (secondary N) is 1. The lowest BCUT2D eigenvalue weighted by atomic mass is 10.0. The topological polar surface area (TPSA) is 170 Å². The smallest absolute Gasteiger partial charge is 0.303 e. The number of hydrogen-bond donors (Lipinski definition) is 1. The van der Waals surface area contributed by atoms with E-state index < -0.39 is 59.9 Å². The Labute approximate surface area is 194 Å². The number of ether oxygens (including phenoxy) is 5. The Balaban J connectivity index is 1.96. The summed E-state index contributed by atoms with van der Waals surface area (Å²) in [6, 6.07) is 5.68. The molecule has 1 amide bonds. The number of nitrogens with zero attached hydrogens (tertiary/aromatic N) is 1. The van der Waals surface area contributed by atoms with Gasteiger partial charge in [0.1, 0.15) is 25.4 Å². The summed E-state index contributed by atoms with van der Waals surface area (Å²) in [7, 11) is 0. The highest BCUT2D eigenvalue weighted by molar-refractivity contribution is 5.77. The Hall–Kier alpha value is -3.58. The van der Waals surface area contributed by atoms with E-state index in [1.165, 1.54) is 45.0 Å². The first-order chi connectivity index (χ1) is 16.0. The average Bonchev–Trinajstić information content (AvgIpc) is 2.76. The third kappa shape index (κ3) is 8.75. The van der Waals surface area contributed by atoms with E-state index in [1.54, 1.807) is 0 Å². The number of non-ortho nitro benzene ring substituents is 1. The highest BCUT2D eigenvalue weighted by atomic mass is 16.7. The van der Waals surface area contributed by atoms with Crippen LogP contribution in [0.1, 0.15) is 32.8 Å². The first-order valence-corrected chi connectivity index (χ1v) is 10.3. The zero-order valence-corrected chi connectivity index (χ0v) is 18.9. The molecule has 1 N–H and O–H groups in total. The lowest BCUT2D eigenvalue weighted by molar-refractivity contribution is -0.384. The van der Waals surface area contributed by atoms with Gasteiger partial charge in [-0.1, -0.05) is 12.1 Å². The molecule has 1 fully saturated rings. The van der Waals surface area contributed by atoms with Crippen LogP contribution < -0.4 is 5.32 Å². The number of amides is 1. The Morgan fingerprint density at radius 2 is 1.71 bits per heavy atom. The molecule has 0 radical (unpaired) electrons. The largest absolute Gasteiger partial charge is 0.463 e. The molecule has 34 heavy (non-hydrogen) atoms. The summed E-state index contributed by atoms with van der Waals surface area (Å²) in [6.45, 7) is 2.95. The number of carbonyl (C=O) groups is 4. The molecule has 0 aliphatic carbocycles. The van der Waals surface area contributed by atoms with Crippen LogP contribution >= 0.6 is 0 Å². The first-order valence-electron chi connectivity index (χ1n) is 10.3. The van der Waals surface area contributed by atoms with Gasteiger partial charge in [0.2, 0.25) is 5.91 Å². The zero-order chi connectivity index (χ0) is 25.3. The summed E-state index contributed by atoms with van der Waals surface area (Å²) in [5.74, 6) is -2.37. The minimum Gasteiger partial charge on any atom is -0.463 e. The van der Waals surface area contributed by atoms with Crippen molar-refractivity contribution in [2.45, 2.75) is 58.3 Å². The van der Waals surface area contributed by atoms with Gasteiger partial charge in [0.25, 0.3) is 5.69 Å². The number of carbonyl (C=O) groups excluding carboxylic acids is 4. The molecular weight excluding hydrogens is 456 g/mol. The van der Waals surface area contributed by atoms with Crippen LogP contribution in [-0.4, -0.2) is 66.6 Å². The molecule has 1 saturated heterocycles. The van der Waals surface area contributed by atoms with Gasteiger partial charge in [-0.05, 0) is 5.56 Å². The van der Waals surface area contributed by atoms with Crippen molar-refractivity contribution in [3.8, 4) is 0 Å². The number of nitro benzene ring substituents is 1.